The summed E-state index contributed by atoms with van der Waals surface area (Å²) in [6.45, 7) is 0. The first-order valence-electron chi connectivity index (χ1n) is 7.80. The topological polar surface area (TPSA) is 80.1 Å². The zero-order valence-corrected chi connectivity index (χ0v) is 13.8. The van der Waals surface area contributed by atoms with Crippen LogP contribution in [0, 0.1) is 0 Å². The van der Waals surface area contributed by atoms with Gasteiger partial charge in [0.2, 0.25) is 0 Å². The van der Waals surface area contributed by atoms with Gasteiger partial charge >= 0.3 is 6.18 Å². The Morgan fingerprint density at radius 1 is 1.15 bits per heavy atom. The molecule has 0 aliphatic carbocycles. The lowest BCUT2D eigenvalue weighted by molar-refractivity contribution is -0.141. The van der Waals surface area contributed by atoms with E-state index >= 15 is 0 Å². The van der Waals surface area contributed by atoms with E-state index in [0.717, 1.165) is 10.8 Å². The Morgan fingerprint density at radius 2 is 1.93 bits per heavy atom. The molecule has 0 radical (unpaired) electrons. The first kappa shape index (κ1) is 17.0. The van der Waals surface area contributed by atoms with Crippen LogP contribution in [0.3, 0.4) is 0 Å². The van der Waals surface area contributed by atoms with Crippen molar-refractivity contribution < 1.29 is 27.1 Å². The lowest BCUT2D eigenvalue weighted by atomic mass is 10.1. The second-order valence-electron chi connectivity index (χ2n) is 5.77. The number of nitrogens with one attached hydrogen (secondary N) is 2. The highest BCUT2D eigenvalue weighted by Crippen LogP contribution is 2.36. The van der Waals surface area contributed by atoms with Gasteiger partial charge in [0.1, 0.15) is 22.6 Å². The van der Waals surface area contributed by atoms with E-state index in [1.54, 1.807) is 17.2 Å². The number of nitrogens with zero attached hydrogens (tertiary/aromatic N) is 1. The minimum absolute atomic E-state index is 0.255. The Kier molecular flexibility index (Phi) is 3.79. The van der Waals surface area contributed by atoms with Crippen LogP contribution < -0.4 is 10.1 Å². The second kappa shape index (κ2) is 6.04. The molecule has 0 fully saturated rings. The Balaban J connectivity index is 1.71. The number of para-hydroxylation sites is 1. The maximum absolute atomic E-state index is 12.7. The minimum Gasteiger partial charge on any atom is -0.495 e. The summed E-state index contributed by atoms with van der Waals surface area (Å²) in [6, 6.07) is 11.3. The fraction of sp³-hybridized carbons (Fsp3) is 0.111. The molecule has 2 aromatic carbocycles. The molecule has 2 heterocycles. The Morgan fingerprint density at radius 3 is 2.63 bits per heavy atom. The van der Waals surface area contributed by atoms with Gasteiger partial charge < -0.3 is 14.5 Å². The largest absolute Gasteiger partial charge is 0.495 e. The number of hydrogen-bond donors (Lipinski definition) is 2. The van der Waals surface area contributed by atoms with Crippen LogP contribution in [0.25, 0.3) is 21.9 Å². The van der Waals surface area contributed by atoms with Crippen LogP contribution in [0.2, 0.25) is 0 Å². The van der Waals surface area contributed by atoms with Crippen LogP contribution in [0.5, 0.6) is 5.75 Å². The first-order valence-corrected chi connectivity index (χ1v) is 7.80. The number of hydrogen-bond acceptors (Lipinski definition) is 4. The summed E-state index contributed by atoms with van der Waals surface area (Å²) in [7, 11) is 1.43. The molecule has 4 rings (SSSR count). The van der Waals surface area contributed by atoms with Gasteiger partial charge in [0, 0.05) is 22.9 Å². The van der Waals surface area contributed by atoms with E-state index in [9.17, 15) is 18.0 Å². The summed E-state index contributed by atoms with van der Waals surface area (Å²) in [5.41, 5.74) is -0.0718. The maximum Gasteiger partial charge on any atom is 0.432 e. The van der Waals surface area contributed by atoms with Crippen molar-refractivity contribution >= 4 is 33.5 Å². The van der Waals surface area contributed by atoms with E-state index in [4.69, 9.17) is 9.15 Å². The van der Waals surface area contributed by atoms with Gasteiger partial charge in [-0.3, -0.25) is 9.89 Å². The summed E-state index contributed by atoms with van der Waals surface area (Å²) in [4.78, 5) is 12.3. The quantitative estimate of drug-likeness (QED) is 0.549. The van der Waals surface area contributed by atoms with Gasteiger partial charge in [-0.15, -0.1) is 0 Å². The first-order chi connectivity index (χ1) is 12.9. The molecule has 0 bridgehead atoms. The smallest absolute Gasteiger partial charge is 0.432 e. The number of halogens is 3. The number of H-pyrrole nitrogens is 1. The predicted octanol–water partition coefficient (Wildman–Crippen LogP) is 4.59. The molecule has 1 amide bonds. The van der Waals surface area contributed by atoms with E-state index in [-0.39, 0.29) is 5.69 Å². The third-order valence-electron chi connectivity index (χ3n) is 4.06. The van der Waals surface area contributed by atoms with E-state index in [1.807, 2.05) is 24.3 Å². The molecule has 138 valence electrons. The van der Waals surface area contributed by atoms with Crippen LogP contribution in [0.15, 0.2) is 46.9 Å². The van der Waals surface area contributed by atoms with Crippen molar-refractivity contribution in [3.8, 4) is 5.75 Å². The number of fused-ring (bicyclic) bond motifs is 3. The molecule has 27 heavy (non-hydrogen) atoms. The van der Waals surface area contributed by atoms with Crippen molar-refractivity contribution in [2.75, 3.05) is 12.4 Å². The van der Waals surface area contributed by atoms with E-state index in [1.165, 1.54) is 7.11 Å². The number of carbonyl (C=O) groups is 1. The number of alkyl halides is 3. The van der Waals surface area contributed by atoms with Crippen molar-refractivity contribution in [2.45, 2.75) is 6.18 Å². The van der Waals surface area contributed by atoms with Gasteiger partial charge in [0.25, 0.3) is 5.91 Å². The van der Waals surface area contributed by atoms with E-state index in [2.05, 4.69) is 10.4 Å². The number of benzene rings is 2. The van der Waals surface area contributed by atoms with Gasteiger partial charge in [-0.1, -0.05) is 18.2 Å². The van der Waals surface area contributed by atoms with Crippen LogP contribution in [-0.4, -0.2) is 23.2 Å². The molecule has 0 saturated carbocycles. The molecule has 0 aliphatic heterocycles. The van der Waals surface area contributed by atoms with Gasteiger partial charge in [-0.05, 0) is 12.1 Å². The standard InChI is InChI=1S/C18H12F3N3O3/c1-26-15-6-10-9-4-2-3-5-13(9)27-14(10)7-11(15)22-17(25)12-8-16(24-23-12)18(19,20)21/h2-8H,1H3,(H,22,25)(H,23,24). The van der Waals surface area contributed by atoms with Gasteiger partial charge in [-0.2, -0.15) is 18.3 Å². The second-order valence-corrected chi connectivity index (χ2v) is 5.77. The molecule has 0 saturated heterocycles. The molecule has 4 aromatic rings. The molecular formula is C18H12F3N3O3. The predicted molar refractivity (Wildman–Crippen MR) is 91.8 cm³/mol. The van der Waals surface area contributed by atoms with Gasteiger partial charge in [0.15, 0.2) is 5.69 Å². The summed E-state index contributed by atoms with van der Waals surface area (Å²) in [5.74, 6) is -0.468. The third-order valence-corrected chi connectivity index (χ3v) is 4.06. The zero-order chi connectivity index (χ0) is 19.2. The zero-order valence-electron chi connectivity index (χ0n) is 13.8. The van der Waals surface area contributed by atoms with Gasteiger partial charge in [-0.25, -0.2) is 0 Å². The van der Waals surface area contributed by atoms with Crippen molar-refractivity contribution in [3.63, 3.8) is 0 Å². The number of aromatic amines is 1. The van der Waals surface area contributed by atoms with Crippen molar-refractivity contribution in [2.24, 2.45) is 0 Å². The molecule has 0 atom stereocenters. The maximum atomic E-state index is 12.7. The number of anilines is 1. The van der Waals surface area contributed by atoms with Crippen molar-refractivity contribution in [3.05, 3.63) is 53.9 Å². The van der Waals surface area contributed by atoms with Crippen LogP contribution in [-0.2, 0) is 6.18 Å². The minimum atomic E-state index is -4.61. The molecule has 9 heteroatoms. The lowest BCUT2D eigenvalue weighted by Crippen LogP contribution is -2.13. The van der Waals surface area contributed by atoms with Crippen molar-refractivity contribution in [1.82, 2.24) is 10.2 Å². The highest BCUT2D eigenvalue weighted by atomic mass is 19.4. The number of rotatable bonds is 3. The molecule has 0 unspecified atom stereocenters. The third kappa shape index (κ3) is 2.97. The average Bonchev–Trinajstić information content (AvgIpc) is 3.25. The Hall–Kier alpha value is -3.49. The number of ether oxygens (including phenoxy) is 1. The molecule has 6 nitrogen and oxygen atoms in total. The van der Waals surface area contributed by atoms with Crippen molar-refractivity contribution in [1.29, 1.82) is 0 Å². The SMILES string of the molecule is COc1cc2c(cc1NC(=O)c1cc(C(F)(F)F)[nH]n1)oc1ccccc12. The fourth-order valence-corrected chi connectivity index (χ4v) is 2.79. The number of amides is 1. The van der Waals surface area contributed by atoms with Crippen LogP contribution in [0.4, 0.5) is 18.9 Å². The summed E-state index contributed by atoms with van der Waals surface area (Å²) >= 11 is 0. The summed E-state index contributed by atoms with van der Waals surface area (Å²) < 4.78 is 49.0. The normalized spacial score (nSPS) is 11.9. The van der Waals surface area contributed by atoms with E-state index < -0.39 is 23.5 Å². The number of aromatic nitrogens is 2. The number of carbonyl (C=O) groups excluding carboxylic acids is 1. The average molecular weight is 375 g/mol. The molecule has 0 aliphatic rings. The van der Waals surface area contributed by atoms with E-state index in [0.29, 0.717) is 23.0 Å². The van der Waals surface area contributed by atoms with Crippen LogP contribution in [0.1, 0.15) is 16.2 Å². The molecular weight excluding hydrogens is 363 g/mol. The molecule has 2 N–H and O–H groups in total. The highest BCUT2D eigenvalue weighted by Gasteiger charge is 2.34. The number of methoxy groups -OCH3 is 1. The summed E-state index contributed by atoms with van der Waals surface area (Å²) in [6.07, 6.45) is -4.61. The van der Waals surface area contributed by atoms with Gasteiger partial charge in [0.05, 0.1) is 12.8 Å². The Labute approximate surface area is 149 Å². The fourth-order valence-electron chi connectivity index (χ4n) is 2.79. The van der Waals surface area contributed by atoms with Crippen LogP contribution >= 0.6 is 0 Å². The monoisotopic (exact) mass is 375 g/mol. The number of furan rings is 1. The lowest BCUT2D eigenvalue weighted by Gasteiger charge is -2.09. The highest BCUT2D eigenvalue weighted by molar-refractivity contribution is 6.09. The molecule has 2 aromatic heterocycles. The Bertz CT molecular complexity index is 1160. The molecule has 0 spiro atoms. The summed E-state index contributed by atoms with van der Waals surface area (Å²) in [5, 5.41) is 9.39.